The first-order chi connectivity index (χ1) is 13.7. The molecule has 3 aromatic heterocycles. The quantitative estimate of drug-likeness (QED) is 0.251. The Hall–Kier alpha value is -4.06. The third-order valence-electron chi connectivity index (χ3n) is 4.34. The Morgan fingerprint density at radius 2 is 1.75 bits per heavy atom. The van der Waals surface area contributed by atoms with Gasteiger partial charge in [0.05, 0.1) is 6.26 Å². The summed E-state index contributed by atoms with van der Waals surface area (Å²) in [6.45, 7) is 0. The molecule has 0 radical (unpaired) electrons. The van der Waals surface area contributed by atoms with Gasteiger partial charge in [0, 0.05) is 22.4 Å². The number of esters is 1. The maximum absolute atomic E-state index is 12.1. The smallest absolute Gasteiger partial charge is 0.379 e. The van der Waals surface area contributed by atoms with Crippen LogP contribution in [-0.2, 0) is 0 Å². The summed E-state index contributed by atoms with van der Waals surface area (Å²) in [4.78, 5) is 24.1. The van der Waals surface area contributed by atoms with Gasteiger partial charge in [-0.05, 0) is 42.5 Å². The molecule has 136 valence electrons. The van der Waals surface area contributed by atoms with Crippen LogP contribution in [0.4, 0.5) is 0 Å². The predicted molar refractivity (Wildman–Crippen MR) is 101 cm³/mol. The van der Waals surface area contributed by atoms with Crippen molar-refractivity contribution in [2.45, 2.75) is 0 Å². The number of para-hydroxylation sites is 1. The van der Waals surface area contributed by atoms with E-state index in [1.54, 1.807) is 24.3 Å². The molecular formula is C22H12O6. The number of furan rings is 2. The van der Waals surface area contributed by atoms with Crippen molar-refractivity contribution in [1.29, 1.82) is 0 Å². The van der Waals surface area contributed by atoms with Crippen LogP contribution in [0, 0.1) is 0 Å². The molecule has 0 unspecified atom stereocenters. The molecule has 0 aliphatic rings. The van der Waals surface area contributed by atoms with Gasteiger partial charge in [-0.3, -0.25) is 0 Å². The summed E-state index contributed by atoms with van der Waals surface area (Å²) in [7, 11) is 0. The average molecular weight is 372 g/mol. The van der Waals surface area contributed by atoms with Crippen LogP contribution in [0.3, 0.4) is 0 Å². The van der Waals surface area contributed by atoms with E-state index in [1.807, 2.05) is 30.3 Å². The topological polar surface area (TPSA) is 82.8 Å². The minimum Gasteiger partial charge on any atom is -0.457 e. The fourth-order valence-electron chi connectivity index (χ4n) is 3.08. The van der Waals surface area contributed by atoms with Crippen molar-refractivity contribution in [3.8, 4) is 17.1 Å². The molecule has 3 heterocycles. The monoisotopic (exact) mass is 372 g/mol. The van der Waals surface area contributed by atoms with Gasteiger partial charge >= 0.3 is 11.6 Å². The first-order valence-corrected chi connectivity index (χ1v) is 8.50. The second kappa shape index (κ2) is 6.28. The molecule has 0 bridgehead atoms. The lowest BCUT2D eigenvalue weighted by molar-refractivity contribution is 0.0701. The van der Waals surface area contributed by atoms with Gasteiger partial charge in [0.1, 0.15) is 22.7 Å². The lowest BCUT2D eigenvalue weighted by Crippen LogP contribution is -2.07. The number of hydrogen-bond donors (Lipinski definition) is 0. The van der Waals surface area contributed by atoms with Crippen molar-refractivity contribution in [3.63, 3.8) is 0 Å². The first kappa shape index (κ1) is 16.1. The molecule has 0 N–H and O–H groups in total. The Bertz CT molecular complexity index is 1340. The molecule has 2 aromatic carbocycles. The van der Waals surface area contributed by atoms with Gasteiger partial charge in [-0.1, -0.05) is 18.2 Å². The van der Waals surface area contributed by atoms with E-state index in [9.17, 15) is 9.59 Å². The number of carbonyl (C=O) groups excluding carboxylic acids is 1. The summed E-state index contributed by atoms with van der Waals surface area (Å²) < 4.78 is 21.6. The lowest BCUT2D eigenvalue weighted by Gasteiger charge is -2.06. The van der Waals surface area contributed by atoms with Gasteiger partial charge in [0.2, 0.25) is 5.76 Å². The van der Waals surface area contributed by atoms with E-state index in [0.29, 0.717) is 33.6 Å². The van der Waals surface area contributed by atoms with E-state index in [4.69, 9.17) is 18.0 Å². The summed E-state index contributed by atoms with van der Waals surface area (Å²) in [5.74, 6) is 0.290. The van der Waals surface area contributed by atoms with E-state index < -0.39 is 11.6 Å². The molecule has 0 fully saturated rings. The van der Waals surface area contributed by atoms with E-state index in [0.717, 1.165) is 5.39 Å². The molecule has 5 aromatic rings. The van der Waals surface area contributed by atoms with Crippen molar-refractivity contribution in [2.75, 3.05) is 0 Å². The second-order valence-corrected chi connectivity index (χ2v) is 6.15. The van der Waals surface area contributed by atoms with Gasteiger partial charge in [-0.15, -0.1) is 0 Å². The zero-order chi connectivity index (χ0) is 19.1. The summed E-state index contributed by atoms with van der Waals surface area (Å²) >= 11 is 0. The van der Waals surface area contributed by atoms with Crippen LogP contribution >= 0.6 is 0 Å². The molecule has 0 atom stereocenters. The lowest BCUT2D eigenvalue weighted by atomic mass is 10.1. The standard InChI is InChI=1S/C22H12O6/c23-21-12-16(20-10-13-4-1-2-5-17(13)27-20)15-11-14(7-8-18(15)28-21)26-22(24)19-6-3-9-25-19/h1-12H. The molecule has 5 rings (SSSR count). The maximum atomic E-state index is 12.1. The van der Waals surface area contributed by atoms with E-state index >= 15 is 0 Å². The average Bonchev–Trinajstić information content (AvgIpc) is 3.37. The Balaban J connectivity index is 1.63. The van der Waals surface area contributed by atoms with Gasteiger partial charge in [-0.25, -0.2) is 9.59 Å². The van der Waals surface area contributed by atoms with Crippen LogP contribution in [0.25, 0.3) is 33.3 Å². The van der Waals surface area contributed by atoms with Gasteiger partial charge in [-0.2, -0.15) is 0 Å². The van der Waals surface area contributed by atoms with E-state index in [-0.39, 0.29) is 5.76 Å². The predicted octanol–water partition coefficient (Wildman–Crippen LogP) is 5.02. The molecule has 0 saturated carbocycles. The molecule has 28 heavy (non-hydrogen) atoms. The van der Waals surface area contributed by atoms with Crippen LogP contribution in [0.5, 0.6) is 5.75 Å². The van der Waals surface area contributed by atoms with Crippen LogP contribution < -0.4 is 10.4 Å². The molecule has 0 saturated heterocycles. The number of ether oxygens (including phenoxy) is 1. The largest absolute Gasteiger partial charge is 0.457 e. The van der Waals surface area contributed by atoms with Crippen LogP contribution in [-0.4, -0.2) is 5.97 Å². The Kier molecular flexibility index (Phi) is 3.62. The van der Waals surface area contributed by atoms with Crippen LogP contribution in [0.2, 0.25) is 0 Å². The molecule has 0 spiro atoms. The summed E-state index contributed by atoms with van der Waals surface area (Å²) in [5, 5.41) is 1.50. The number of fused-ring (bicyclic) bond motifs is 2. The zero-order valence-corrected chi connectivity index (χ0v) is 14.4. The van der Waals surface area contributed by atoms with Crippen molar-refractivity contribution >= 4 is 27.9 Å². The molecule has 6 nitrogen and oxygen atoms in total. The number of carbonyl (C=O) groups is 1. The molecule has 0 amide bonds. The molecule has 0 aliphatic heterocycles. The highest BCUT2D eigenvalue weighted by Crippen LogP contribution is 2.33. The third-order valence-corrected chi connectivity index (χ3v) is 4.34. The Labute approximate surface area is 157 Å². The van der Waals surface area contributed by atoms with E-state index in [2.05, 4.69) is 0 Å². The summed E-state index contributed by atoms with van der Waals surface area (Å²) in [6, 6.07) is 18.6. The summed E-state index contributed by atoms with van der Waals surface area (Å²) in [5.41, 5.74) is 1.13. The number of rotatable bonds is 3. The van der Waals surface area contributed by atoms with Crippen LogP contribution in [0.1, 0.15) is 10.6 Å². The van der Waals surface area contributed by atoms with Crippen molar-refractivity contribution in [2.24, 2.45) is 0 Å². The number of hydrogen-bond acceptors (Lipinski definition) is 6. The molecule has 0 aliphatic carbocycles. The zero-order valence-electron chi connectivity index (χ0n) is 14.4. The summed E-state index contributed by atoms with van der Waals surface area (Å²) in [6.07, 6.45) is 1.39. The van der Waals surface area contributed by atoms with Gasteiger partial charge in [0.15, 0.2) is 0 Å². The SMILES string of the molecule is O=C(Oc1ccc2oc(=O)cc(-c3cc4ccccc4o3)c2c1)c1ccco1. The second-order valence-electron chi connectivity index (χ2n) is 6.15. The van der Waals surface area contributed by atoms with Gasteiger partial charge < -0.3 is 18.0 Å². The first-order valence-electron chi connectivity index (χ1n) is 8.50. The maximum Gasteiger partial charge on any atom is 0.379 e. The van der Waals surface area contributed by atoms with Crippen molar-refractivity contribution < 1.29 is 22.8 Å². The third kappa shape index (κ3) is 2.77. The highest BCUT2D eigenvalue weighted by atomic mass is 16.5. The Morgan fingerprint density at radius 1 is 0.857 bits per heavy atom. The molecule has 6 heteroatoms. The molecular weight excluding hydrogens is 360 g/mol. The Morgan fingerprint density at radius 3 is 2.57 bits per heavy atom. The van der Waals surface area contributed by atoms with Crippen molar-refractivity contribution in [3.05, 3.63) is 89.2 Å². The fourth-order valence-corrected chi connectivity index (χ4v) is 3.08. The normalized spacial score (nSPS) is 11.1. The highest BCUT2D eigenvalue weighted by Gasteiger charge is 2.16. The fraction of sp³-hybridized carbons (Fsp3) is 0. The van der Waals surface area contributed by atoms with Crippen LogP contribution in [0.15, 0.2) is 91.0 Å². The van der Waals surface area contributed by atoms with Gasteiger partial charge in [0.25, 0.3) is 0 Å². The minimum absolute atomic E-state index is 0.0946. The minimum atomic E-state index is -0.618. The number of benzene rings is 2. The highest BCUT2D eigenvalue weighted by molar-refractivity contribution is 5.96. The van der Waals surface area contributed by atoms with Crippen molar-refractivity contribution in [1.82, 2.24) is 0 Å². The van der Waals surface area contributed by atoms with E-state index in [1.165, 1.54) is 18.4 Å².